The molecule has 0 N–H and O–H groups in total. The molecule has 1 aliphatic rings. The van der Waals surface area contributed by atoms with Crippen LogP contribution in [0.25, 0.3) is 6.08 Å². The fraction of sp³-hybridized carbons (Fsp3) is 0.529. The molecule has 1 heterocycles. The van der Waals surface area contributed by atoms with E-state index >= 15 is 0 Å². The summed E-state index contributed by atoms with van der Waals surface area (Å²) in [4.78, 5) is 0. The molecule has 0 unspecified atom stereocenters. The number of rotatable bonds is 3. The number of hydrogen-bond acceptors (Lipinski definition) is 3. The molecule has 21 heavy (non-hydrogen) atoms. The fourth-order valence-electron chi connectivity index (χ4n) is 2.31. The van der Waals surface area contributed by atoms with E-state index in [1.54, 1.807) is 0 Å². The highest BCUT2D eigenvalue weighted by molar-refractivity contribution is 7.80. The zero-order valence-corrected chi connectivity index (χ0v) is 14.8. The number of thiol groups is 1. The standard InChI is InChI=1S/C17H25BO2S/c1-12-8-7-9-14(13(12)2)10-15(11-21)18-19-16(3,4)17(5,6)20-18/h7-10,21H,11H2,1-6H3. The molecule has 1 saturated heterocycles. The molecule has 1 aromatic carbocycles. The van der Waals surface area contributed by atoms with E-state index in [0.29, 0.717) is 5.75 Å². The van der Waals surface area contributed by atoms with Gasteiger partial charge in [-0.1, -0.05) is 24.3 Å². The van der Waals surface area contributed by atoms with Crippen molar-refractivity contribution in [3.63, 3.8) is 0 Å². The van der Waals surface area contributed by atoms with Crippen molar-refractivity contribution in [1.82, 2.24) is 0 Å². The Morgan fingerprint density at radius 2 is 1.71 bits per heavy atom. The van der Waals surface area contributed by atoms with Gasteiger partial charge in [0.15, 0.2) is 0 Å². The average molecular weight is 304 g/mol. The van der Waals surface area contributed by atoms with Crippen LogP contribution in [0.3, 0.4) is 0 Å². The highest BCUT2D eigenvalue weighted by Gasteiger charge is 2.52. The molecule has 1 fully saturated rings. The van der Waals surface area contributed by atoms with Crippen LogP contribution < -0.4 is 0 Å². The summed E-state index contributed by atoms with van der Waals surface area (Å²) in [7, 11) is -0.326. The smallest absolute Gasteiger partial charge is 0.400 e. The van der Waals surface area contributed by atoms with Crippen molar-refractivity contribution in [2.75, 3.05) is 5.75 Å². The largest absolute Gasteiger partial charge is 0.491 e. The SMILES string of the molecule is Cc1cccc(C=C(CS)B2OC(C)(C)C(C)(C)O2)c1C. The predicted octanol–water partition coefficient (Wildman–Crippen LogP) is 4.25. The maximum atomic E-state index is 6.12. The lowest BCUT2D eigenvalue weighted by molar-refractivity contribution is 0.00578. The van der Waals surface area contributed by atoms with Crippen LogP contribution >= 0.6 is 12.6 Å². The molecule has 0 amide bonds. The lowest BCUT2D eigenvalue weighted by Crippen LogP contribution is -2.41. The van der Waals surface area contributed by atoms with Crippen molar-refractivity contribution in [2.45, 2.75) is 52.7 Å². The first-order chi connectivity index (χ1) is 9.68. The third-order valence-corrected chi connectivity index (χ3v) is 5.09. The summed E-state index contributed by atoms with van der Waals surface area (Å²) in [6.45, 7) is 12.5. The Balaban J connectivity index is 2.33. The first kappa shape index (κ1) is 16.7. The van der Waals surface area contributed by atoms with Gasteiger partial charge in [-0.25, -0.2) is 0 Å². The molecule has 0 bridgehead atoms. The van der Waals surface area contributed by atoms with Gasteiger partial charge in [-0.05, 0) is 63.7 Å². The van der Waals surface area contributed by atoms with Crippen LogP contribution in [-0.4, -0.2) is 24.1 Å². The molecule has 0 saturated carbocycles. The van der Waals surface area contributed by atoms with E-state index in [1.807, 2.05) is 0 Å². The molecule has 114 valence electrons. The van der Waals surface area contributed by atoms with Gasteiger partial charge in [0.05, 0.1) is 11.2 Å². The van der Waals surface area contributed by atoms with Gasteiger partial charge in [0.2, 0.25) is 0 Å². The Bertz CT molecular complexity index is 548. The van der Waals surface area contributed by atoms with Crippen LogP contribution in [0.1, 0.15) is 44.4 Å². The van der Waals surface area contributed by atoms with Gasteiger partial charge in [0, 0.05) is 5.75 Å². The molecule has 2 rings (SSSR count). The molecule has 0 aliphatic carbocycles. The maximum absolute atomic E-state index is 6.12. The van der Waals surface area contributed by atoms with Crippen molar-refractivity contribution in [2.24, 2.45) is 0 Å². The zero-order valence-electron chi connectivity index (χ0n) is 13.9. The van der Waals surface area contributed by atoms with Crippen molar-refractivity contribution in [1.29, 1.82) is 0 Å². The van der Waals surface area contributed by atoms with Crippen LogP contribution in [0.15, 0.2) is 23.7 Å². The van der Waals surface area contributed by atoms with E-state index in [4.69, 9.17) is 9.31 Å². The van der Waals surface area contributed by atoms with E-state index in [0.717, 1.165) is 5.47 Å². The van der Waals surface area contributed by atoms with Gasteiger partial charge in [-0.2, -0.15) is 12.6 Å². The molecule has 0 aromatic heterocycles. The number of benzene rings is 1. The molecular formula is C17H25BO2S. The third-order valence-electron chi connectivity index (χ3n) is 4.73. The van der Waals surface area contributed by atoms with Gasteiger partial charge in [-0.3, -0.25) is 0 Å². The van der Waals surface area contributed by atoms with E-state index in [2.05, 4.69) is 78.4 Å². The lowest BCUT2D eigenvalue weighted by atomic mass is 9.78. The average Bonchev–Trinajstić information content (AvgIpc) is 2.60. The maximum Gasteiger partial charge on any atom is 0.491 e. The summed E-state index contributed by atoms with van der Waals surface area (Å²) in [6.07, 6.45) is 2.15. The van der Waals surface area contributed by atoms with Gasteiger partial charge < -0.3 is 9.31 Å². The van der Waals surface area contributed by atoms with Gasteiger partial charge in [-0.15, -0.1) is 0 Å². The normalized spacial score (nSPS) is 20.9. The van der Waals surface area contributed by atoms with Crippen LogP contribution in [-0.2, 0) is 9.31 Å². The zero-order chi connectivity index (χ0) is 15.8. The molecule has 0 radical (unpaired) electrons. The Morgan fingerprint density at radius 1 is 1.14 bits per heavy atom. The highest BCUT2D eigenvalue weighted by Crippen LogP contribution is 2.39. The van der Waals surface area contributed by atoms with E-state index in [-0.39, 0.29) is 18.3 Å². The first-order valence-electron chi connectivity index (χ1n) is 7.41. The van der Waals surface area contributed by atoms with Gasteiger partial charge >= 0.3 is 7.12 Å². The van der Waals surface area contributed by atoms with Crippen LogP contribution in [0.5, 0.6) is 0 Å². The van der Waals surface area contributed by atoms with Gasteiger partial charge in [0.1, 0.15) is 0 Å². The lowest BCUT2D eigenvalue weighted by Gasteiger charge is -2.32. The van der Waals surface area contributed by atoms with Crippen LogP contribution in [0.4, 0.5) is 0 Å². The van der Waals surface area contributed by atoms with E-state index in [1.165, 1.54) is 16.7 Å². The molecule has 1 aliphatic heterocycles. The van der Waals surface area contributed by atoms with Crippen molar-refractivity contribution in [3.05, 3.63) is 40.4 Å². The summed E-state index contributed by atoms with van der Waals surface area (Å²) < 4.78 is 12.2. The monoisotopic (exact) mass is 304 g/mol. The molecule has 0 atom stereocenters. The van der Waals surface area contributed by atoms with Crippen molar-refractivity contribution in [3.8, 4) is 0 Å². The molecule has 4 heteroatoms. The van der Waals surface area contributed by atoms with Gasteiger partial charge in [0.25, 0.3) is 0 Å². The Hall–Kier alpha value is -0.705. The Morgan fingerprint density at radius 3 is 2.24 bits per heavy atom. The Kier molecular flexibility index (Phi) is 4.62. The Labute approximate surface area is 134 Å². The quantitative estimate of drug-likeness (QED) is 0.665. The third kappa shape index (κ3) is 3.23. The first-order valence-corrected chi connectivity index (χ1v) is 8.04. The summed E-state index contributed by atoms with van der Waals surface area (Å²) in [5.41, 5.74) is 4.20. The minimum Gasteiger partial charge on any atom is -0.400 e. The molecule has 0 spiro atoms. The predicted molar refractivity (Wildman–Crippen MR) is 93.8 cm³/mol. The second kappa shape index (κ2) is 5.83. The minimum absolute atomic E-state index is 0.318. The van der Waals surface area contributed by atoms with Crippen LogP contribution in [0.2, 0.25) is 0 Å². The summed E-state index contributed by atoms with van der Waals surface area (Å²) in [5.74, 6) is 0.615. The second-order valence-corrected chi connectivity index (χ2v) is 7.07. The van der Waals surface area contributed by atoms with Crippen molar-refractivity contribution >= 4 is 25.8 Å². The van der Waals surface area contributed by atoms with E-state index in [9.17, 15) is 0 Å². The topological polar surface area (TPSA) is 18.5 Å². The number of aryl methyl sites for hydroxylation is 1. The van der Waals surface area contributed by atoms with E-state index < -0.39 is 0 Å². The summed E-state index contributed by atoms with van der Waals surface area (Å²) >= 11 is 4.47. The summed E-state index contributed by atoms with van der Waals surface area (Å²) in [5, 5.41) is 0. The second-order valence-electron chi connectivity index (χ2n) is 6.75. The van der Waals surface area contributed by atoms with Crippen LogP contribution in [0, 0.1) is 13.8 Å². The molecule has 2 nitrogen and oxygen atoms in total. The van der Waals surface area contributed by atoms with Crippen molar-refractivity contribution < 1.29 is 9.31 Å². The highest BCUT2D eigenvalue weighted by atomic mass is 32.1. The minimum atomic E-state index is -0.326. The molecular weight excluding hydrogens is 279 g/mol. The summed E-state index contributed by atoms with van der Waals surface area (Å²) in [6, 6.07) is 6.33. The molecule has 1 aromatic rings. The number of hydrogen-bond donors (Lipinski definition) is 1. The fourth-order valence-corrected chi connectivity index (χ4v) is 2.55.